The van der Waals surface area contributed by atoms with Crippen molar-refractivity contribution in [2.75, 3.05) is 11.9 Å². The Kier molecular flexibility index (Phi) is 4.03. The van der Waals surface area contributed by atoms with E-state index in [1.807, 2.05) is 18.2 Å². The van der Waals surface area contributed by atoms with Gasteiger partial charge in [0, 0.05) is 26.1 Å². The van der Waals surface area contributed by atoms with Gasteiger partial charge in [-0.2, -0.15) is 0 Å². The van der Waals surface area contributed by atoms with Gasteiger partial charge in [0.2, 0.25) is 0 Å². The van der Waals surface area contributed by atoms with Gasteiger partial charge in [0.05, 0.1) is 12.6 Å². The van der Waals surface area contributed by atoms with Crippen LogP contribution in [0, 0.1) is 5.92 Å². The largest absolute Gasteiger partial charge is 0.493 e. The van der Waals surface area contributed by atoms with E-state index in [2.05, 4.69) is 68.4 Å². The number of anilines is 1. The van der Waals surface area contributed by atoms with Crippen LogP contribution >= 0.6 is 31.9 Å². The predicted octanol–water partition coefficient (Wildman–Crippen LogP) is 5.39. The van der Waals surface area contributed by atoms with Gasteiger partial charge in [-0.3, -0.25) is 0 Å². The molecular formula is C16H15Br2NO. The van der Waals surface area contributed by atoms with E-state index in [4.69, 9.17) is 4.74 Å². The predicted molar refractivity (Wildman–Crippen MR) is 89.3 cm³/mol. The smallest absolute Gasteiger partial charge is 0.124 e. The van der Waals surface area contributed by atoms with Crippen molar-refractivity contribution in [2.24, 2.45) is 5.92 Å². The lowest BCUT2D eigenvalue weighted by atomic mass is 9.92. The van der Waals surface area contributed by atoms with Gasteiger partial charge in [0.1, 0.15) is 5.75 Å². The topological polar surface area (TPSA) is 21.3 Å². The van der Waals surface area contributed by atoms with Crippen LogP contribution in [0.5, 0.6) is 5.75 Å². The van der Waals surface area contributed by atoms with Gasteiger partial charge in [-0.15, -0.1) is 0 Å². The van der Waals surface area contributed by atoms with Crippen LogP contribution < -0.4 is 10.1 Å². The molecule has 2 aromatic carbocycles. The van der Waals surface area contributed by atoms with E-state index in [1.165, 1.54) is 5.56 Å². The molecule has 0 aromatic heterocycles. The van der Waals surface area contributed by atoms with E-state index in [-0.39, 0.29) is 6.04 Å². The van der Waals surface area contributed by atoms with Gasteiger partial charge >= 0.3 is 0 Å². The summed E-state index contributed by atoms with van der Waals surface area (Å²) in [6, 6.07) is 14.7. The van der Waals surface area contributed by atoms with E-state index >= 15 is 0 Å². The summed E-state index contributed by atoms with van der Waals surface area (Å²) in [4.78, 5) is 0. The molecule has 2 aromatic rings. The maximum atomic E-state index is 5.79. The van der Waals surface area contributed by atoms with Crippen LogP contribution in [0.2, 0.25) is 0 Å². The fourth-order valence-corrected chi connectivity index (χ4v) is 3.65. The van der Waals surface area contributed by atoms with Crippen molar-refractivity contribution in [3.8, 4) is 5.75 Å². The summed E-state index contributed by atoms with van der Waals surface area (Å²) in [6.45, 7) is 2.95. The van der Waals surface area contributed by atoms with Crippen LogP contribution in [-0.4, -0.2) is 6.61 Å². The number of fused-ring (bicyclic) bond motifs is 1. The Morgan fingerprint density at radius 1 is 1.15 bits per heavy atom. The number of rotatable bonds is 2. The first-order chi connectivity index (χ1) is 9.65. The zero-order chi connectivity index (χ0) is 14.1. The Bertz CT molecular complexity index is 630. The Morgan fingerprint density at radius 3 is 2.75 bits per heavy atom. The van der Waals surface area contributed by atoms with E-state index < -0.39 is 0 Å². The highest BCUT2D eigenvalue weighted by Crippen LogP contribution is 2.39. The van der Waals surface area contributed by atoms with Crippen LogP contribution in [0.25, 0.3) is 0 Å². The highest BCUT2D eigenvalue weighted by atomic mass is 79.9. The highest BCUT2D eigenvalue weighted by molar-refractivity contribution is 9.11. The molecule has 0 aliphatic carbocycles. The Hall–Kier alpha value is -1.000. The van der Waals surface area contributed by atoms with Gasteiger partial charge in [-0.25, -0.2) is 0 Å². The van der Waals surface area contributed by atoms with Gasteiger partial charge in [-0.05, 0) is 40.2 Å². The molecule has 0 saturated carbocycles. The van der Waals surface area contributed by atoms with Crippen molar-refractivity contribution in [2.45, 2.75) is 13.0 Å². The zero-order valence-electron chi connectivity index (χ0n) is 11.1. The van der Waals surface area contributed by atoms with Crippen LogP contribution in [0.1, 0.15) is 18.5 Å². The molecule has 0 fully saturated rings. The van der Waals surface area contributed by atoms with Gasteiger partial charge < -0.3 is 10.1 Å². The lowest BCUT2D eigenvalue weighted by molar-refractivity contribution is 0.214. The lowest BCUT2D eigenvalue weighted by Gasteiger charge is -2.33. The molecule has 1 aliphatic heterocycles. The van der Waals surface area contributed by atoms with Crippen LogP contribution in [0.15, 0.2) is 51.4 Å². The highest BCUT2D eigenvalue weighted by Gasteiger charge is 2.27. The minimum absolute atomic E-state index is 0.262. The average molecular weight is 397 g/mol. The molecule has 104 valence electrons. The molecule has 0 spiro atoms. The maximum Gasteiger partial charge on any atom is 0.124 e. The molecule has 0 saturated heterocycles. The number of hydrogen-bond donors (Lipinski definition) is 1. The molecule has 2 atom stereocenters. The second-order valence-corrected chi connectivity index (χ2v) is 6.84. The van der Waals surface area contributed by atoms with Crippen LogP contribution in [0.4, 0.5) is 5.69 Å². The standard InChI is InChI=1S/C16H15Br2NO/c1-10-9-20-15-5-3-2-4-12(15)16(10)19-14-7-6-11(17)8-13(14)18/h2-8,10,16,19H,9H2,1H3. The second-order valence-electron chi connectivity index (χ2n) is 5.07. The van der Waals surface area contributed by atoms with Crippen LogP contribution in [0.3, 0.4) is 0 Å². The molecule has 20 heavy (non-hydrogen) atoms. The molecular weight excluding hydrogens is 382 g/mol. The van der Waals surface area contributed by atoms with Crippen molar-refractivity contribution in [3.63, 3.8) is 0 Å². The maximum absolute atomic E-state index is 5.79. The van der Waals surface area contributed by atoms with Crippen molar-refractivity contribution >= 4 is 37.5 Å². The average Bonchev–Trinajstić information content (AvgIpc) is 2.44. The first-order valence-corrected chi connectivity index (χ1v) is 8.17. The fraction of sp³-hybridized carbons (Fsp3) is 0.250. The Morgan fingerprint density at radius 2 is 1.95 bits per heavy atom. The summed E-state index contributed by atoms with van der Waals surface area (Å²) < 4.78 is 7.92. The van der Waals surface area contributed by atoms with E-state index in [0.717, 1.165) is 27.0 Å². The first kappa shape index (κ1) is 14.0. The van der Waals surface area contributed by atoms with E-state index in [1.54, 1.807) is 0 Å². The Balaban J connectivity index is 1.93. The first-order valence-electron chi connectivity index (χ1n) is 6.58. The van der Waals surface area contributed by atoms with Crippen molar-refractivity contribution < 1.29 is 4.74 Å². The number of halogens is 2. The molecule has 0 amide bonds. The van der Waals surface area contributed by atoms with Crippen molar-refractivity contribution in [1.29, 1.82) is 0 Å². The summed E-state index contributed by atoms with van der Waals surface area (Å²) in [5.74, 6) is 1.40. The molecule has 4 heteroatoms. The number of para-hydroxylation sites is 1. The number of hydrogen-bond acceptors (Lipinski definition) is 2. The van der Waals surface area contributed by atoms with Gasteiger partial charge in [-0.1, -0.05) is 41.1 Å². The summed E-state index contributed by atoms with van der Waals surface area (Å²) in [5, 5.41) is 3.63. The lowest BCUT2D eigenvalue weighted by Crippen LogP contribution is -2.28. The zero-order valence-corrected chi connectivity index (χ0v) is 14.2. The van der Waals surface area contributed by atoms with Gasteiger partial charge in [0.15, 0.2) is 0 Å². The molecule has 1 aliphatic rings. The fourth-order valence-electron chi connectivity index (χ4n) is 2.49. The second kappa shape index (κ2) is 5.78. The molecule has 2 unspecified atom stereocenters. The minimum Gasteiger partial charge on any atom is -0.493 e. The molecule has 3 rings (SSSR count). The van der Waals surface area contributed by atoms with Crippen molar-refractivity contribution in [1.82, 2.24) is 0 Å². The monoisotopic (exact) mass is 395 g/mol. The molecule has 0 radical (unpaired) electrons. The molecule has 1 heterocycles. The number of ether oxygens (including phenoxy) is 1. The SMILES string of the molecule is CC1COc2ccccc2C1Nc1ccc(Br)cc1Br. The third kappa shape index (κ3) is 2.72. The third-order valence-electron chi connectivity index (χ3n) is 3.57. The minimum atomic E-state index is 0.262. The molecule has 1 N–H and O–H groups in total. The quantitative estimate of drug-likeness (QED) is 0.734. The molecule has 2 nitrogen and oxygen atoms in total. The Labute approximate surface area is 135 Å². The van der Waals surface area contributed by atoms with Crippen molar-refractivity contribution in [3.05, 3.63) is 57.0 Å². The normalized spacial score (nSPS) is 20.9. The summed E-state index contributed by atoms with van der Waals surface area (Å²) in [5.41, 5.74) is 2.32. The van der Waals surface area contributed by atoms with E-state index in [9.17, 15) is 0 Å². The van der Waals surface area contributed by atoms with Gasteiger partial charge in [0.25, 0.3) is 0 Å². The number of benzene rings is 2. The van der Waals surface area contributed by atoms with E-state index in [0.29, 0.717) is 5.92 Å². The van der Waals surface area contributed by atoms with Crippen LogP contribution in [-0.2, 0) is 0 Å². The summed E-state index contributed by atoms with van der Waals surface area (Å²) in [6.07, 6.45) is 0. The molecule has 0 bridgehead atoms. The third-order valence-corrected chi connectivity index (χ3v) is 4.72. The summed E-state index contributed by atoms with van der Waals surface area (Å²) >= 11 is 7.09. The summed E-state index contributed by atoms with van der Waals surface area (Å²) in [7, 11) is 0. The number of nitrogens with one attached hydrogen (secondary N) is 1.